The Hall–Kier alpha value is -6.58. The van der Waals surface area contributed by atoms with Gasteiger partial charge in [0.15, 0.2) is 50.3 Å². The molecule has 10 fully saturated rings. The maximum atomic E-state index is 13.8. The molecule has 0 bridgehead atoms. The zero-order valence-electron chi connectivity index (χ0n) is 80.3. The second-order valence-corrected chi connectivity index (χ2v) is 38.6. The zero-order chi connectivity index (χ0) is 108. The highest BCUT2D eigenvalue weighted by Crippen LogP contribution is 2.47. The second kappa shape index (κ2) is 51.4. The number of hydrogen-bond donors (Lipinski definition) is 32. The highest BCUT2D eigenvalue weighted by molar-refractivity contribution is 5.88. The van der Waals surface area contributed by atoms with Crippen LogP contribution >= 0.6 is 0 Å². The van der Waals surface area contributed by atoms with E-state index in [0.717, 1.165) is 36.1 Å². The standard InChI is InChI=1S/C90H136N4O54/c1-28-40(106)16-90(88(91)127,148-71(28)56(110)41(107)17-95)131-27-51-60(114)65(119)69(123)84(140-51)144-75-49(24-102)137-81(52(62(75)116)92-31(4)103)146-77-66(120)58(112)44(19-97)134-86(77)129-26-50-61(115)76(145-87-78(67(121)59(113)45(20-98)135-87)147-82-53(93-32(5)104)63(117)74(48(23-101)138-82)143-83-68(122)64(118)57(111)43(18-96)133-83)70(124)85(139-50)142-73-47(22-100)136-80(30(3)55(73)109)141-72-46(21-99)132-42(29(2)54(72)108)15-33(105)14-39(79(125)126)94-89(128)130-25-38-36-12-8-6-10-34(36)35-11-7-9-13-37(35)38/h6-13,28-30,38-78,80-87,95-102,106-124H,14-27H2,1-5H3,(H2,91,127)(H,92,103)(H,93,104)(H,94,128)(H,125,126)/t28?,29?,30?,39-,40?,41+,42?,43?,44?,45?,46?,47?,48?,49?,50?,51?,52?,53?,54?,55?,56+,57?,58?,59?,60?,61?,62?,63?,64?,65?,66?,67?,68?,69?,70?,71?,72?,73?,74?,75?,76?,77?,78?,80?,81?,82?,83?,84?,85?,86?,87?,90?/m0/s1. The Kier molecular flexibility index (Phi) is 41.2. The summed E-state index contributed by atoms with van der Waals surface area (Å²) >= 11 is 0. The Morgan fingerprint density at radius 2 is 0.791 bits per heavy atom. The largest absolute Gasteiger partial charge is 0.480 e. The van der Waals surface area contributed by atoms with Gasteiger partial charge in [-0.2, -0.15) is 0 Å². The van der Waals surface area contributed by atoms with Crippen molar-refractivity contribution in [2.45, 2.75) is 360 Å². The van der Waals surface area contributed by atoms with Crippen LogP contribution in [0.5, 0.6) is 0 Å². The van der Waals surface area contributed by atoms with Gasteiger partial charge in [-0.15, -0.1) is 0 Å². The minimum absolute atomic E-state index is 0.199. The van der Waals surface area contributed by atoms with Crippen molar-refractivity contribution in [3.05, 3.63) is 59.7 Å². The van der Waals surface area contributed by atoms with E-state index in [-0.39, 0.29) is 6.61 Å². The molecule has 10 heterocycles. The summed E-state index contributed by atoms with van der Waals surface area (Å²) in [6.07, 6.45) is -96.5. The molecule has 840 valence electrons. The molecule has 52 atom stereocenters. The number of fused-ring (bicyclic) bond motifs is 3. The molecule has 4 amide bonds. The number of carbonyl (C=O) groups is 6. The molecule has 0 radical (unpaired) electrons. The number of aliphatic carboxylic acids is 1. The lowest BCUT2D eigenvalue weighted by molar-refractivity contribution is -0.400. The molecule has 49 unspecified atom stereocenters. The first-order chi connectivity index (χ1) is 70.2. The van der Waals surface area contributed by atoms with Gasteiger partial charge in [0.1, 0.15) is 226 Å². The van der Waals surface area contributed by atoms with Crippen LogP contribution in [0, 0.1) is 17.8 Å². The minimum atomic E-state index is -2.72. The minimum Gasteiger partial charge on any atom is -0.480 e. The molecule has 58 nitrogen and oxygen atoms in total. The molecular weight excluding hydrogens is 2000 g/mol. The van der Waals surface area contributed by atoms with Gasteiger partial charge in [-0.05, 0) is 22.3 Å². The maximum absolute atomic E-state index is 13.8. The van der Waals surface area contributed by atoms with E-state index >= 15 is 0 Å². The van der Waals surface area contributed by atoms with Gasteiger partial charge in [0.05, 0.1) is 96.6 Å². The van der Waals surface area contributed by atoms with Crippen molar-refractivity contribution in [1.29, 1.82) is 0 Å². The Balaban J connectivity index is 0.745. The SMILES string of the molecule is CC(=O)NC1C(OC2C(OCC3OC(OC4C(CO)OC(OC5C(CO)OC(CC(=O)C[C@H](NC(=O)OCC6c7ccccc7-c7ccccc76)C(=O)O)C(C)C5O)C(C)C4O)C(O)C(OC4OC(CO)C(O)C(O)C4OC4OC(CO)C(OC5OC(CO)C(O)C(O)C5O)C(O)C4NC(C)=O)C3O)OC(CO)C(O)C2O)OC(CO)C(OC2OC(COC3(C(N)=O)CC(O)C(C)C([C@H](O)[C@H](O)CO)O3)C(O)C(O)C2O)C1O. The third-order valence-corrected chi connectivity index (χ3v) is 28.7. The van der Waals surface area contributed by atoms with Crippen LogP contribution < -0.4 is 21.7 Å². The first-order valence-electron chi connectivity index (χ1n) is 48.1. The Morgan fingerprint density at radius 3 is 1.26 bits per heavy atom. The number of alkyl carbamates (subject to hydrolysis) is 1. The summed E-state index contributed by atoms with van der Waals surface area (Å²) in [5.41, 5.74) is 9.28. The Morgan fingerprint density at radius 1 is 0.399 bits per heavy atom. The number of nitrogens with two attached hydrogens (primary N) is 1. The highest BCUT2D eigenvalue weighted by Gasteiger charge is 2.63. The van der Waals surface area contributed by atoms with Gasteiger partial charge in [0.25, 0.3) is 11.7 Å². The third-order valence-electron chi connectivity index (χ3n) is 28.7. The van der Waals surface area contributed by atoms with Crippen LogP contribution in [0.15, 0.2) is 48.5 Å². The van der Waals surface area contributed by atoms with E-state index in [1.54, 1.807) is 0 Å². The van der Waals surface area contributed by atoms with Gasteiger partial charge in [-0.25, -0.2) is 9.59 Å². The van der Waals surface area contributed by atoms with E-state index in [1.165, 1.54) is 20.8 Å². The number of carboxylic acids is 1. The molecule has 13 rings (SSSR count). The number of Topliss-reactive ketones (excluding diaryl/α,β-unsaturated/α-hetero) is 1. The van der Waals surface area contributed by atoms with Crippen LogP contribution in [0.25, 0.3) is 11.1 Å². The summed E-state index contributed by atoms with van der Waals surface area (Å²) in [5, 5.41) is 322. The first-order valence-corrected chi connectivity index (χ1v) is 48.1. The van der Waals surface area contributed by atoms with Gasteiger partial charge in [-0.3, -0.25) is 19.2 Å². The molecule has 2 aromatic rings. The summed E-state index contributed by atoms with van der Waals surface area (Å²) in [5.74, 6) is -12.6. The summed E-state index contributed by atoms with van der Waals surface area (Å²) in [7, 11) is 0. The van der Waals surface area contributed by atoms with Crippen LogP contribution in [0.4, 0.5) is 4.79 Å². The zero-order valence-corrected chi connectivity index (χ0v) is 80.3. The lowest BCUT2D eigenvalue weighted by Gasteiger charge is -2.51. The molecule has 10 aliphatic heterocycles. The predicted octanol–water partition coefficient (Wildman–Crippen LogP) is -16.7. The van der Waals surface area contributed by atoms with Crippen LogP contribution in [0.2, 0.25) is 0 Å². The van der Waals surface area contributed by atoms with Gasteiger partial charge in [0.2, 0.25) is 11.8 Å². The maximum Gasteiger partial charge on any atom is 0.407 e. The number of nitrogens with one attached hydrogen (secondary N) is 3. The molecule has 33 N–H and O–H groups in total. The number of hydrogen-bond acceptors (Lipinski definition) is 53. The van der Waals surface area contributed by atoms with E-state index in [9.17, 15) is 172 Å². The molecule has 1 aliphatic carbocycles. The first kappa shape index (κ1) is 118. The van der Waals surface area contributed by atoms with E-state index in [2.05, 4.69) is 16.0 Å². The molecule has 11 aliphatic rings. The Labute approximate surface area is 841 Å². The average Bonchev–Trinajstić information content (AvgIpc) is 1.44. The van der Waals surface area contributed by atoms with Gasteiger partial charge < -0.3 is 259 Å². The molecule has 10 saturated heterocycles. The Bertz CT molecular complexity index is 4580. The quantitative estimate of drug-likeness (QED) is 0.0294. The van der Waals surface area contributed by atoms with Crippen molar-refractivity contribution in [2.24, 2.45) is 23.5 Å². The molecule has 0 aromatic heterocycles. The number of benzene rings is 2. The van der Waals surface area contributed by atoms with Crippen molar-refractivity contribution < 1.29 is 266 Å². The van der Waals surface area contributed by atoms with Crippen molar-refractivity contribution in [3.8, 4) is 11.1 Å². The molecular formula is C90H136N4O54. The molecule has 0 saturated carbocycles. The van der Waals surface area contributed by atoms with E-state index < -0.39 is 445 Å². The number of primary amides is 1. The van der Waals surface area contributed by atoms with Crippen molar-refractivity contribution in [2.75, 3.05) is 72.7 Å². The number of rotatable bonds is 41. The van der Waals surface area contributed by atoms with Gasteiger partial charge >= 0.3 is 12.1 Å². The number of ketones is 1. The van der Waals surface area contributed by atoms with Crippen molar-refractivity contribution in [1.82, 2.24) is 16.0 Å². The van der Waals surface area contributed by atoms with Crippen molar-refractivity contribution in [3.63, 3.8) is 0 Å². The van der Waals surface area contributed by atoms with Crippen molar-refractivity contribution >= 4 is 35.6 Å². The fourth-order valence-electron chi connectivity index (χ4n) is 20.1. The van der Waals surface area contributed by atoms with Crippen LogP contribution in [0.3, 0.4) is 0 Å². The number of carboxylic acid groups (broad SMARTS) is 1. The lowest BCUT2D eigenvalue weighted by Crippen LogP contribution is -2.70. The molecule has 148 heavy (non-hydrogen) atoms. The van der Waals surface area contributed by atoms with Crippen LogP contribution in [-0.4, -0.2) is 551 Å². The topological polar surface area (TPSA) is 916 Å². The number of amides is 4. The van der Waals surface area contributed by atoms with E-state index in [0.29, 0.717) is 0 Å². The van der Waals surface area contributed by atoms with Crippen LogP contribution in [-0.2, 0) is 119 Å². The fraction of sp³-hybridized carbons (Fsp3) is 0.800. The van der Waals surface area contributed by atoms with E-state index in [1.807, 2.05) is 48.5 Å². The number of aliphatic hydroxyl groups is 27. The second-order valence-electron chi connectivity index (χ2n) is 38.6. The number of carbonyl (C=O) groups excluding carboxylic acids is 5. The monoisotopic (exact) mass is 2140 g/mol. The summed E-state index contributed by atoms with van der Waals surface area (Å²) < 4.78 is 120. The number of aliphatic hydroxyl groups excluding tert-OH is 27. The summed E-state index contributed by atoms with van der Waals surface area (Å²) in [4.78, 5) is 79.2. The van der Waals surface area contributed by atoms with Gasteiger partial charge in [0, 0.05) is 56.8 Å². The highest BCUT2D eigenvalue weighted by atomic mass is 16.8. The average molecular weight is 2140 g/mol. The molecule has 58 heteroatoms. The normalized spacial score (nSPS) is 44.0. The summed E-state index contributed by atoms with van der Waals surface area (Å²) in [6.45, 7) is -5.49. The molecule has 2 aromatic carbocycles. The van der Waals surface area contributed by atoms with Crippen LogP contribution in [0.1, 0.15) is 70.9 Å². The molecule has 0 spiro atoms. The third kappa shape index (κ3) is 25.5. The predicted molar refractivity (Wildman–Crippen MR) is 473 cm³/mol. The lowest BCUT2D eigenvalue weighted by atomic mass is 9.84. The summed E-state index contributed by atoms with van der Waals surface area (Å²) in [6, 6.07) is 9.06. The van der Waals surface area contributed by atoms with E-state index in [4.69, 9.17) is 100 Å². The smallest absolute Gasteiger partial charge is 0.407 e. The fourth-order valence-corrected chi connectivity index (χ4v) is 20.1. The van der Waals surface area contributed by atoms with Gasteiger partial charge in [-0.1, -0.05) is 69.3 Å². The number of ether oxygens (including phenoxy) is 20.